The van der Waals surface area contributed by atoms with Crippen LogP contribution in [0.15, 0.2) is 60.7 Å². The Kier molecular flexibility index (Phi) is 7.94. The number of ether oxygens (including phenoxy) is 5. The van der Waals surface area contributed by atoms with Crippen molar-refractivity contribution >= 4 is 49.2 Å². The maximum Gasteiger partial charge on any atom is 0.358 e. The first-order valence-electron chi connectivity index (χ1n) is 12.2. The standard InChI is InChI=1S/C27H32O7S2Si/c1-26(2,3)37(4,5)34-21-17-27(33-25(36)30-19-14-10-7-11-15-19)16-20(31-23(27)28)22(21)32-24(35)29-18-12-8-6-9-13-18/h6-15,20-22H,16-17H2,1-5H3/t20-,21+,22-,27+/m0/s1. The van der Waals surface area contributed by atoms with E-state index in [0.29, 0.717) is 11.5 Å². The Hall–Kier alpha value is -2.53. The van der Waals surface area contributed by atoms with Crippen LogP contribution in [0.5, 0.6) is 11.5 Å². The van der Waals surface area contributed by atoms with Gasteiger partial charge in [-0.2, -0.15) is 0 Å². The van der Waals surface area contributed by atoms with Gasteiger partial charge >= 0.3 is 16.4 Å². The molecule has 0 unspecified atom stereocenters. The largest absolute Gasteiger partial charge is 0.455 e. The molecule has 0 amide bonds. The Morgan fingerprint density at radius 1 is 0.919 bits per heavy atom. The number of esters is 1. The van der Waals surface area contributed by atoms with E-state index in [1.165, 1.54) is 0 Å². The SMILES string of the molecule is CC(C)(C)[Si](C)(C)O[C@@H]1C[C@]2(OC(=S)Oc3ccccc3)C[C@H](OC2=O)[C@@H]1OC(=S)Oc1ccccc1. The predicted octanol–water partition coefficient (Wildman–Crippen LogP) is 5.96. The molecule has 2 bridgehead atoms. The molecule has 37 heavy (non-hydrogen) atoms. The van der Waals surface area contributed by atoms with Crippen molar-refractivity contribution in [3.05, 3.63) is 60.7 Å². The molecule has 1 saturated heterocycles. The third kappa shape index (κ3) is 6.31. The van der Waals surface area contributed by atoms with Gasteiger partial charge in [0.25, 0.3) is 0 Å². The van der Waals surface area contributed by atoms with Crippen LogP contribution in [0.4, 0.5) is 0 Å². The summed E-state index contributed by atoms with van der Waals surface area (Å²) in [5, 5.41) is -0.309. The molecule has 1 aliphatic heterocycles. The Balaban J connectivity index is 1.55. The molecular formula is C27H32O7S2Si. The number of hydrogen-bond donors (Lipinski definition) is 0. The Morgan fingerprint density at radius 2 is 1.46 bits per heavy atom. The van der Waals surface area contributed by atoms with Crippen LogP contribution in [-0.2, 0) is 23.4 Å². The second kappa shape index (κ2) is 10.7. The van der Waals surface area contributed by atoms with Crippen molar-refractivity contribution in [1.29, 1.82) is 0 Å². The molecule has 2 aromatic rings. The third-order valence-corrected chi connectivity index (χ3v) is 11.9. The Bertz CT molecular complexity index is 1140. The van der Waals surface area contributed by atoms with Gasteiger partial charge in [-0.1, -0.05) is 57.2 Å². The normalized spacial score (nSPS) is 25.1. The zero-order chi connectivity index (χ0) is 26.8. The monoisotopic (exact) mass is 560 g/mol. The van der Waals surface area contributed by atoms with E-state index in [2.05, 4.69) is 33.9 Å². The number of thiocarbonyl (C=S) groups is 2. The molecule has 198 valence electrons. The first-order chi connectivity index (χ1) is 17.4. The van der Waals surface area contributed by atoms with Gasteiger partial charge in [-0.25, -0.2) is 4.79 Å². The summed E-state index contributed by atoms with van der Waals surface area (Å²) in [5.41, 5.74) is -1.34. The van der Waals surface area contributed by atoms with Crippen LogP contribution in [0.1, 0.15) is 33.6 Å². The maximum atomic E-state index is 13.2. The molecule has 4 rings (SSSR count). The molecule has 2 fully saturated rings. The van der Waals surface area contributed by atoms with Crippen molar-refractivity contribution in [2.45, 2.75) is 75.7 Å². The first kappa shape index (κ1) is 27.5. The fraction of sp³-hybridized carbons (Fsp3) is 0.444. The van der Waals surface area contributed by atoms with Crippen LogP contribution in [0.2, 0.25) is 18.1 Å². The minimum atomic E-state index is -2.30. The zero-order valence-corrected chi connectivity index (χ0v) is 24.2. The number of hydrogen-bond acceptors (Lipinski definition) is 9. The quantitative estimate of drug-likeness (QED) is 0.242. The molecule has 7 nitrogen and oxygen atoms in total. The molecule has 2 aliphatic rings. The van der Waals surface area contributed by atoms with E-state index < -0.39 is 38.2 Å². The van der Waals surface area contributed by atoms with Gasteiger partial charge in [0.15, 0.2) is 14.4 Å². The van der Waals surface area contributed by atoms with Crippen molar-refractivity contribution < 1.29 is 32.9 Å². The topological polar surface area (TPSA) is 72.5 Å². The van der Waals surface area contributed by atoms with Crippen LogP contribution in [0, 0.1) is 0 Å². The van der Waals surface area contributed by atoms with Gasteiger partial charge in [-0.15, -0.1) is 0 Å². The van der Waals surface area contributed by atoms with Crippen LogP contribution in [0.25, 0.3) is 0 Å². The van der Waals surface area contributed by atoms with Gasteiger partial charge in [0.1, 0.15) is 17.6 Å². The van der Waals surface area contributed by atoms with E-state index >= 15 is 0 Å². The molecule has 2 aromatic carbocycles. The van der Waals surface area contributed by atoms with Crippen LogP contribution in [0.3, 0.4) is 0 Å². The van der Waals surface area contributed by atoms with Crippen molar-refractivity contribution in [2.75, 3.05) is 0 Å². The summed E-state index contributed by atoms with van der Waals surface area (Å²) in [7, 11) is -2.30. The van der Waals surface area contributed by atoms with Crippen molar-refractivity contribution in [3.8, 4) is 11.5 Å². The van der Waals surface area contributed by atoms with E-state index in [1.54, 1.807) is 24.3 Å². The van der Waals surface area contributed by atoms with Crippen LogP contribution < -0.4 is 9.47 Å². The number of rotatable bonds is 6. The molecule has 1 aliphatic carbocycles. The Labute approximate surface area is 229 Å². The molecule has 4 atom stereocenters. The fourth-order valence-corrected chi connectivity index (χ4v) is 5.94. The zero-order valence-electron chi connectivity index (χ0n) is 21.6. The second-order valence-electron chi connectivity index (χ2n) is 10.8. The highest BCUT2D eigenvalue weighted by atomic mass is 32.1. The average Bonchev–Trinajstić information content (AvgIpc) is 3.07. The highest BCUT2D eigenvalue weighted by molar-refractivity contribution is 7.80. The minimum Gasteiger partial charge on any atom is -0.455 e. The lowest BCUT2D eigenvalue weighted by molar-refractivity contribution is -0.154. The molecule has 0 aromatic heterocycles. The fourth-order valence-electron chi connectivity index (χ4n) is 4.15. The smallest absolute Gasteiger partial charge is 0.358 e. The minimum absolute atomic E-state index is 0.0701. The second-order valence-corrected chi connectivity index (χ2v) is 16.2. The Morgan fingerprint density at radius 3 is 2.00 bits per heavy atom. The van der Waals surface area contributed by atoms with Gasteiger partial charge in [0.05, 0.1) is 6.10 Å². The van der Waals surface area contributed by atoms with Gasteiger partial charge in [-0.3, -0.25) is 0 Å². The van der Waals surface area contributed by atoms with Crippen LogP contribution in [-0.4, -0.2) is 48.7 Å². The van der Waals surface area contributed by atoms with E-state index in [0.717, 1.165) is 0 Å². The summed E-state index contributed by atoms with van der Waals surface area (Å²) in [6.07, 6.45) is -1.49. The van der Waals surface area contributed by atoms with Gasteiger partial charge in [-0.05, 0) is 42.4 Å². The van der Waals surface area contributed by atoms with Crippen molar-refractivity contribution in [2.24, 2.45) is 0 Å². The highest BCUT2D eigenvalue weighted by Crippen LogP contribution is 2.46. The molecule has 1 saturated carbocycles. The molecule has 10 heteroatoms. The number of para-hydroxylation sites is 2. The number of carbonyl (C=O) groups is 1. The summed E-state index contributed by atoms with van der Waals surface area (Å²) in [5.74, 6) is 0.539. The summed E-state index contributed by atoms with van der Waals surface area (Å²) >= 11 is 10.7. The highest BCUT2D eigenvalue weighted by Gasteiger charge is 2.63. The summed E-state index contributed by atoms with van der Waals surface area (Å²) in [6, 6.07) is 18.1. The van der Waals surface area contributed by atoms with Crippen molar-refractivity contribution in [3.63, 3.8) is 0 Å². The summed E-state index contributed by atoms with van der Waals surface area (Å²) < 4.78 is 36.0. The maximum absolute atomic E-state index is 13.2. The average molecular weight is 561 g/mol. The summed E-state index contributed by atoms with van der Waals surface area (Å²) in [6.45, 7) is 10.7. The van der Waals surface area contributed by atoms with E-state index in [1.807, 2.05) is 36.4 Å². The van der Waals surface area contributed by atoms with Gasteiger partial charge < -0.3 is 28.1 Å². The lowest BCUT2D eigenvalue weighted by Gasteiger charge is -2.44. The van der Waals surface area contributed by atoms with Gasteiger partial charge in [0, 0.05) is 37.3 Å². The first-order valence-corrected chi connectivity index (χ1v) is 15.9. The van der Waals surface area contributed by atoms with Crippen LogP contribution >= 0.6 is 24.4 Å². The molecule has 1 heterocycles. The lowest BCUT2D eigenvalue weighted by atomic mass is 9.82. The molecule has 0 radical (unpaired) electrons. The molecule has 0 spiro atoms. The molecular weight excluding hydrogens is 529 g/mol. The predicted molar refractivity (Wildman–Crippen MR) is 149 cm³/mol. The third-order valence-electron chi connectivity index (χ3n) is 7.08. The molecule has 0 N–H and O–H groups in total. The summed E-state index contributed by atoms with van der Waals surface area (Å²) in [4.78, 5) is 13.2. The van der Waals surface area contributed by atoms with E-state index in [4.69, 9.17) is 52.5 Å². The number of benzene rings is 2. The van der Waals surface area contributed by atoms with Gasteiger partial charge in [0.2, 0.25) is 5.60 Å². The number of fused-ring (bicyclic) bond motifs is 2. The van der Waals surface area contributed by atoms with E-state index in [-0.39, 0.29) is 28.4 Å². The lowest BCUT2D eigenvalue weighted by Crippen LogP contribution is -2.57. The number of carbonyl (C=O) groups excluding carboxylic acids is 1. The van der Waals surface area contributed by atoms with E-state index in [9.17, 15) is 4.79 Å². The van der Waals surface area contributed by atoms with Crippen molar-refractivity contribution in [1.82, 2.24) is 0 Å².